The maximum atomic E-state index is 13.5. The molecule has 0 radical (unpaired) electrons. The van der Waals surface area contributed by atoms with E-state index in [1.165, 1.54) is 13.2 Å². The third kappa shape index (κ3) is 6.06. The Morgan fingerprint density at radius 1 is 1.38 bits per heavy atom. The predicted molar refractivity (Wildman–Crippen MR) is 85.0 cm³/mol. The van der Waals surface area contributed by atoms with Crippen LogP contribution in [0.5, 0.6) is 5.75 Å². The number of rotatable bonds is 11. The van der Waals surface area contributed by atoms with E-state index in [1.807, 2.05) is 6.92 Å². The summed E-state index contributed by atoms with van der Waals surface area (Å²) < 4.78 is 50.6. The lowest BCUT2D eigenvalue weighted by atomic mass is 10.1. The quantitative estimate of drug-likeness (QED) is 0.581. The molecule has 1 atom stereocenters. The number of aliphatic carboxylic acids is 1. The number of hydrogen-bond acceptors (Lipinski definition) is 5. The van der Waals surface area contributed by atoms with Crippen LogP contribution in [0.2, 0.25) is 0 Å². The molecule has 0 saturated heterocycles. The molecule has 0 aromatic heterocycles. The molecule has 0 aliphatic heterocycles. The standard InChI is InChI=1S/C15H22FNO6S/c1-3-4-5-12(15(18)19)17-24(20,21)14-10-11(16)6-7-13(14)23-9-8-22-2/h6-7,10,12,17H,3-5,8-9H2,1-2H3,(H,18,19)/t12-/m0/s1. The van der Waals surface area contributed by atoms with Crippen molar-refractivity contribution >= 4 is 16.0 Å². The molecule has 0 aliphatic carbocycles. The number of carbonyl (C=O) groups is 1. The Hall–Kier alpha value is -1.71. The van der Waals surface area contributed by atoms with Crippen molar-refractivity contribution in [3.63, 3.8) is 0 Å². The van der Waals surface area contributed by atoms with E-state index in [1.54, 1.807) is 0 Å². The Kier molecular flexibility index (Phi) is 8.09. The van der Waals surface area contributed by atoms with E-state index in [-0.39, 0.29) is 25.4 Å². The summed E-state index contributed by atoms with van der Waals surface area (Å²) in [5, 5.41) is 9.16. The molecule has 0 heterocycles. The van der Waals surface area contributed by atoms with Gasteiger partial charge in [0.05, 0.1) is 6.61 Å². The van der Waals surface area contributed by atoms with Gasteiger partial charge in [0.25, 0.3) is 0 Å². The fraction of sp³-hybridized carbons (Fsp3) is 0.533. The van der Waals surface area contributed by atoms with E-state index in [2.05, 4.69) is 4.72 Å². The summed E-state index contributed by atoms with van der Waals surface area (Å²) in [7, 11) is -2.81. The number of halogens is 1. The Morgan fingerprint density at radius 3 is 2.67 bits per heavy atom. The SMILES string of the molecule is CCCC[C@H](NS(=O)(=O)c1cc(F)ccc1OCCOC)C(=O)O. The average molecular weight is 363 g/mol. The third-order valence-corrected chi connectivity index (χ3v) is 4.68. The molecule has 1 rings (SSSR count). The largest absolute Gasteiger partial charge is 0.490 e. The summed E-state index contributed by atoms with van der Waals surface area (Å²) in [6, 6.07) is 1.75. The first-order chi connectivity index (χ1) is 11.3. The summed E-state index contributed by atoms with van der Waals surface area (Å²) in [4.78, 5) is 10.8. The van der Waals surface area contributed by atoms with Crippen LogP contribution in [0.15, 0.2) is 23.1 Å². The number of benzene rings is 1. The molecule has 0 aliphatic rings. The van der Waals surface area contributed by atoms with E-state index >= 15 is 0 Å². The first-order valence-electron chi connectivity index (χ1n) is 7.48. The van der Waals surface area contributed by atoms with Crippen LogP contribution in [0.1, 0.15) is 26.2 Å². The first-order valence-corrected chi connectivity index (χ1v) is 8.96. The highest BCUT2D eigenvalue weighted by atomic mass is 32.2. The number of carboxylic acid groups (broad SMARTS) is 1. The molecule has 0 saturated carbocycles. The maximum absolute atomic E-state index is 13.5. The lowest BCUT2D eigenvalue weighted by molar-refractivity contribution is -0.139. The topological polar surface area (TPSA) is 102 Å². The van der Waals surface area contributed by atoms with Crippen LogP contribution < -0.4 is 9.46 Å². The van der Waals surface area contributed by atoms with Gasteiger partial charge in [-0.2, -0.15) is 4.72 Å². The van der Waals surface area contributed by atoms with Gasteiger partial charge in [0.15, 0.2) is 0 Å². The van der Waals surface area contributed by atoms with Crippen molar-refractivity contribution in [2.75, 3.05) is 20.3 Å². The third-order valence-electron chi connectivity index (χ3n) is 3.18. The summed E-state index contributed by atoms with van der Waals surface area (Å²) >= 11 is 0. The average Bonchev–Trinajstić information content (AvgIpc) is 2.52. The van der Waals surface area contributed by atoms with Gasteiger partial charge in [-0.25, -0.2) is 12.8 Å². The molecule has 9 heteroatoms. The molecule has 1 aromatic carbocycles. The second-order valence-corrected chi connectivity index (χ2v) is 6.77. The normalized spacial score (nSPS) is 12.8. The van der Waals surface area contributed by atoms with Crippen molar-refractivity contribution in [1.29, 1.82) is 0 Å². The number of methoxy groups -OCH3 is 1. The van der Waals surface area contributed by atoms with Crippen molar-refractivity contribution in [2.24, 2.45) is 0 Å². The number of sulfonamides is 1. The Morgan fingerprint density at radius 2 is 2.08 bits per heavy atom. The molecule has 24 heavy (non-hydrogen) atoms. The number of carboxylic acids is 1. The molecule has 0 unspecified atom stereocenters. The van der Waals surface area contributed by atoms with Crippen LogP contribution in [0.4, 0.5) is 4.39 Å². The molecule has 7 nitrogen and oxygen atoms in total. The van der Waals surface area contributed by atoms with E-state index in [0.29, 0.717) is 6.42 Å². The molecule has 136 valence electrons. The van der Waals surface area contributed by atoms with E-state index < -0.39 is 32.7 Å². The summed E-state index contributed by atoms with van der Waals surface area (Å²) in [6.07, 6.45) is 1.40. The summed E-state index contributed by atoms with van der Waals surface area (Å²) in [6.45, 7) is 2.16. The minimum absolute atomic E-state index is 0.0689. The van der Waals surface area contributed by atoms with Crippen LogP contribution in [-0.4, -0.2) is 45.9 Å². The van der Waals surface area contributed by atoms with Gasteiger partial charge in [-0.1, -0.05) is 19.8 Å². The zero-order valence-electron chi connectivity index (χ0n) is 13.6. The molecular weight excluding hydrogens is 341 g/mol. The second kappa shape index (κ2) is 9.55. The van der Waals surface area contributed by atoms with E-state index in [4.69, 9.17) is 14.6 Å². The predicted octanol–water partition coefficient (Wildman–Crippen LogP) is 1.77. The first kappa shape index (κ1) is 20.3. The van der Waals surface area contributed by atoms with Gasteiger partial charge in [-0.05, 0) is 24.6 Å². The molecule has 2 N–H and O–H groups in total. The Bertz CT molecular complexity index is 649. The Balaban J connectivity index is 3.06. The van der Waals surface area contributed by atoms with Crippen LogP contribution >= 0.6 is 0 Å². The molecule has 0 spiro atoms. The van der Waals surface area contributed by atoms with E-state index in [0.717, 1.165) is 18.6 Å². The smallest absolute Gasteiger partial charge is 0.321 e. The molecule has 0 amide bonds. The van der Waals surface area contributed by atoms with Gasteiger partial charge in [0.1, 0.15) is 29.1 Å². The zero-order valence-corrected chi connectivity index (χ0v) is 14.4. The van der Waals surface area contributed by atoms with Crippen LogP contribution in [-0.2, 0) is 19.6 Å². The minimum atomic E-state index is -4.26. The second-order valence-electron chi connectivity index (χ2n) is 5.09. The van der Waals surface area contributed by atoms with Crippen LogP contribution in [0, 0.1) is 5.82 Å². The highest BCUT2D eigenvalue weighted by Gasteiger charge is 2.27. The monoisotopic (exact) mass is 363 g/mol. The highest BCUT2D eigenvalue weighted by molar-refractivity contribution is 7.89. The van der Waals surface area contributed by atoms with E-state index in [9.17, 15) is 17.6 Å². The fourth-order valence-electron chi connectivity index (χ4n) is 1.94. The van der Waals surface area contributed by atoms with Gasteiger partial charge in [0.2, 0.25) is 10.0 Å². The zero-order chi connectivity index (χ0) is 18.2. The van der Waals surface area contributed by atoms with Crippen molar-refractivity contribution < 1.29 is 32.2 Å². The van der Waals surface area contributed by atoms with Gasteiger partial charge in [-0.15, -0.1) is 0 Å². The maximum Gasteiger partial charge on any atom is 0.321 e. The van der Waals surface area contributed by atoms with Crippen LogP contribution in [0.25, 0.3) is 0 Å². The number of ether oxygens (including phenoxy) is 2. The summed E-state index contributed by atoms with van der Waals surface area (Å²) in [5.41, 5.74) is 0. The highest BCUT2D eigenvalue weighted by Crippen LogP contribution is 2.25. The Labute approximate surface area is 140 Å². The van der Waals surface area contributed by atoms with Crippen molar-refractivity contribution in [3.8, 4) is 5.75 Å². The lowest BCUT2D eigenvalue weighted by Crippen LogP contribution is -2.40. The molecule has 0 fully saturated rings. The number of unbranched alkanes of at least 4 members (excludes halogenated alkanes) is 1. The van der Waals surface area contributed by atoms with Gasteiger partial charge < -0.3 is 14.6 Å². The minimum Gasteiger partial charge on any atom is -0.490 e. The van der Waals surface area contributed by atoms with Gasteiger partial charge >= 0.3 is 5.97 Å². The number of hydrogen-bond donors (Lipinski definition) is 2. The van der Waals surface area contributed by atoms with Gasteiger partial charge in [0, 0.05) is 7.11 Å². The van der Waals surface area contributed by atoms with Crippen LogP contribution in [0.3, 0.4) is 0 Å². The van der Waals surface area contributed by atoms with Crippen molar-refractivity contribution in [2.45, 2.75) is 37.1 Å². The van der Waals surface area contributed by atoms with Crippen molar-refractivity contribution in [1.82, 2.24) is 4.72 Å². The molecule has 1 aromatic rings. The lowest BCUT2D eigenvalue weighted by Gasteiger charge is -2.17. The molecule has 0 bridgehead atoms. The number of nitrogens with one attached hydrogen (secondary N) is 1. The fourth-order valence-corrected chi connectivity index (χ4v) is 3.32. The van der Waals surface area contributed by atoms with Gasteiger partial charge in [-0.3, -0.25) is 4.79 Å². The summed E-state index contributed by atoms with van der Waals surface area (Å²) in [5.74, 6) is -2.12. The van der Waals surface area contributed by atoms with Crippen molar-refractivity contribution in [3.05, 3.63) is 24.0 Å². The molecular formula is C15H22FNO6S.